The SMILES string of the molecule is O=C(Cl)c1cc(F)cc(-c2cccnc2)c1. The highest BCUT2D eigenvalue weighted by Crippen LogP contribution is 2.21. The average molecular weight is 236 g/mol. The van der Waals surface area contributed by atoms with Crippen LogP contribution in [0, 0.1) is 5.82 Å². The van der Waals surface area contributed by atoms with Crippen molar-refractivity contribution < 1.29 is 9.18 Å². The molecule has 1 heterocycles. The molecule has 0 spiro atoms. The molecule has 0 atom stereocenters. The lowest BCUT2D eigenvalue weighted by molar-refractivity contribution is 0.108. The highest BCUT2D eigenvalue weighted by atomic mass is 35.5. The topological polar surface area (TPSA) is 30.0 Å². The first-order valence-corrected chi connectivity index (χ1v) is 4.95. The molecule has 2 nitrogen and oxygen atoms in total. The molecule has 0 amide bonds. The van der Waals surface area contributed by atoms with Gasteiger partial charge in [0, 0.05) is 23.5 Å². The van der Waals surface area contributed by atoms with Crippen molar-refractivity contribution in [3.8, 4) is 11.1 Å². The fourth-order valence-electron chi connectivity index (χ4n) is 1.40. The summed E-state index contributed by atoms with van der Waals surface area (Å²) in [5.41, 5.74) is 1.46. The Bertz CT molecular complexity index is 528. The van der Waals surface area contributed by atoms with E-state index < -0.39 is 11.1 Å². The molecule has 0 saturated heterocycles. The van der Waals surface area contributed by atoms with Crippen molar-refractivity contribution in [2.45, 2.75) is 0 Å². The minimum Gasteiger partial charge on any atom is -0.276 e. The Morgan fingerprint density at radius 2 is 2.06 bits per heavy atom. The van der Waals surface area contributed by atoms with Crippen molar-refractivity contribution in [3.05, 3.63) is 54.1 Å². The second-order valence-corrected chi connectivity index (χ2v) is 3.59. The summed E-state index contributed by atoms with van der Waals surface area (Å²) in [6, 6.07) is 7.50. The number of carbonyl (C=O) groups is 1. The number of halogens is 2. The maximum absolute atomic E-state index is 13.2. The Morgan fingerprint density at radius 3 is 2.69 bits per heavy atom. The number of nitrogens with zero attached hydrogens (tertiary/aromatic N) is 1. The highest BCUT2D eigenvalue weighted by molar-refractivity contribution is 6.67. The fourth-order valence-corrected chi connectivity index (χ4v) is 1.51. The van der Waals surface area contributed by atoms with Gasteiger partial charge in [-0.1, -0.05) is 6.07 Å². The summed E-state index contributed by atoms with van der Waals surface area (Å²) in [6.07, 6.45) is 3.22. The van der Waals surface area contributed by atoms with E-state index >= 15 is 0 Å². The molecular formula is C12H7ClFNO. The molecule has 0 aliphatic heterocycles. The van der Waals surface area contributed by atoms with Gasteiger partial charge in [-0.2, -0.15) is 0 Å². The molecule has 0 unspecified atom stereocenters. The summed E-state index contributed by atoms with van der Waals surface area (Å²) in [6.45, 7) is 0. The predicted molar refractivity (Wildman–Crippen MR) is 59.8 cm³/mol. The Morgan fingerprint density at radius 1 is 1.25 bits per heavy atom. The molecule has 0 fully saturated rings. The number of hydrogen-bond acceptors (Lipinski definition) is 2. The maximum atomic E-state index is 13.2. The zero-order valence-corrected chi connectivity index (χ0v) is 8.91. The van der Waals surface area contributed by atoms with Gasteiger partial charge in [0.2, 0.25) is 0 Å². The van der Waals surface area contributed by atoms with E-state index in [4.69, 9.17) is 11.6 Å². The average Bonchev–Trinajstić information content (AvgIpc) is 2.29. The molecule has 2 aromatic rings. The van der Waals surface area contributed by atoms with E-state index in [1.54, 1.807) is 24.5 Å². The standard InChI is InChI=1S/C12H7ClFNO/c13-12(16)10-4-9(5-11(14)6-10)8-2-1-3-15-7-8/h1-7H. The van der Waals surface area contributed by atoms with Gasteiger partial charge in [0.25, 0.3) is 5.24 Å². The van der Waals surface area contributed by atoms with Crippen LogP contribution in [0.25, 0.3) is 11.1 Å². The molecule has 80 valence electrons. The molecule has 0 aliphatic carbocycles. The van der Waals surface area contributed by atoms with Gasteiger partial charge < -0.3 is 0 Å². The van der Waals surface area contributed by atoms with Gasteiger partial charge >= 0.3 is 0 Å². The summed E-state index contributed by atoms with van der Waals surface area (Å²) in [7, 11) is 0. The predicted octanol–water partition coefficient (Wildman–Crippen LogP) is 3.27. The second kappa shape index (κ2) is 4.41. The fraction of sp³-hybridized carbons (Fsp3) is 0. The van der Waals surface area contributed by atoms with Gasteiger partial charge in [-0.05, 0) is 41.4 Å². The van der Waals surface area contributed by atoms with Crippen LogP contribution in [-0.2, 0) is 0 Å². The van der Waals surface area contributed by atoms with Crippen LogP contribution in [0.2, 0.25) is 0 Å². The van der Waals surface area contributed by atoms with Gasteiger partial charge in [-0.3, -0.25) is 9.78 Å². The number of hydrogen-bond donors (Lipinski definition) is 0. The largest absolute Gasteiger partial charge is 0.276 e. The highest BCUT2D eigenvalue weighted by Gasteiger charge is 2.07. The lowest BCUT2D eigenvalue weighted by Crippen LogP contribution is -1.92. The minimum absolute atomic E-state index is 0.139. The van der Waals surface area contributed by atoms with E-state index in [9.17, 15) is 9.18 Å². The van der Waals surface area contributed by atoms with Gasteiger partial charge in [0.1, 0.15) is 5.82 Å². The monoisotopic (exact) mass is 235 g/mol. The third kappa shape index (κ3) is 2.25. The number of pyridine rings is 1. The van der Waals surface area contributed by atoms with Crippen LogP contribution in [-0.4, -0.2) is 10.2 Å². The lowest BCUT2D eigenvalue weighted by Gasteiger charge is -2.03. The molecule has 16 heavy (non-hydrogen) atoms. The van der Waals surface area contributed by atoms with Crippen LogP contribution in [0.15, 0.2) is 42.7 Å². The van der Waals surface area contributed by atoms with Crippen molar-refractivity contribution >= 4 is 16.8 Å². The van der Waals surface area contributed by atoms with Crippen LogP contribution >= 0.6 is 11.6 Å². The zero-order valence-electron chi connectivity index (χ0n) is 8.15. The summed E-state index contributed by atoms with van der Waals surface area (Å²) < 4.78 is 13.2. The Hall–Kier alpha value is -1.74. The smallest absolute Gasteiger partial charge is 0.252 e. The third-order valence-corrected chi connectivity index (χ3v) is 2.34. The summed E-state index contributed by atoms with van der Waals surface area (Å²) in [5, 5.41) is -0.676. The summed E-state index contributed by atoms with van der Waals surface area (Å²) in [4.78, 5) is 14.9. The molecular weight excluding hydrogens is 229 g/mol. The number of aromatic nitrogens is 1. The molecule has 0 bridgehead atoms. The van der Waals surface area contributed by atoms with Gasteiger partial charge in [0.15, 0.2) is 0 Å². The maximum Gasteiger partial charge on any atom is 0.252 e. The third-order valence-electron chi connectivity index (χ3n) is 2.12. The van der Waals surface area contributed by atoms with E-state index in [2.05, 4.69) is 4.98 Å². The van der Waals surface area contributed by atoms with Gasteiger partial charge in [-0.15, -0.1) is 0 Å². The normalized spacial score (nSPS) is 10.1. The van der Waals surface area contributed by atoms with Crippen molar-refractivity contribution in [2.75, 3.05) is 0 Å². The van der Waals surface area contributed by atoms with E-state index in [0.717, 1.165) is 11.6 Å². The molecule has 0 radical (unpaired) electrons. The Labute approximate surface area is 96.7 Å². The second-order valence-electron chi connectivity index (χ2n) is 3.24. The van der Waals surface area contributed by atoms with Crippen molar-refractivity contribution in [1.82, 2.24) is 4.98 Å². The molecule has 1 aromatic heterocycles. The summed E-state index contributed by atoms with van der Waals surface area (Å²) in [5.74, 6) is -0.495. The van der Waals surface area contributed by atoms with Crippen LogP contribution in [0.4, 0.5) is 4.39 Å². The summed E-state index contributed by atoms with van der Waals surface area (Å²) >= 11 is 5.31. The van der Waals surface area contributed by atoms with Crippen molar-refractivity contribution in [3.63, 3.8) is 0 Å². The van der Waals surface area contributed by atoms with E-state index in [-0.39, 0.29) is 5.56 Å². The number of benzene rings is 1. The van der Waals surface area contributed by atoms with E-state index in [1.165, 1.54) is 12.1 Å². The number of rotatable bonds is 2. The molecule has 2 rings (SSSR count). The minimum atomic E-state index is -0.676. The lowest BCUT2D eigenvalue weighted by atomic mass is 10.1. The zero-order chi connectivity index (χ0) is 11.5. The van der Waals surface area contributed by atoms with Crippen LogP contribution in [0.3, 0.4) is 0 Å². The molecule has 0 N–H and O–H groups in total. The molecule has 1 aromatic carbocycles. The first-order chi connectivity index (χ1) is 7.66. The Balaban J connectivity index is 2.54. The first-order valence-electron chi connectivity index (χ1n) is 4.57. The van der Waals surface area contributed by atoms with E-state index in [1.807, 2.05) is 0 Å². The Kier molecular flexibility index (Phi) is 2.97. The molecule has 0 aliphatic rings. The van der Waals surface area contributed by atoms with Crippen molar-refractivity contribution in [1.29, 1.82) is 0 Å². The molecule has 4 heteroatoms. The van der Waals surface area contributed by atoms with Crippen LogP contribution in [0.1, 0.15) is 10.4 Å². The molecule has 0 saturated carbocycles. The van der Waals surface area contributed by atoms with Gasteiger partial charge in [-0.25, -0.2) is 4.39 Å². The first kappa shape index (κ1) is 10.8. The van der Waals surface area contributed by atoms with Crippen LogP contribution < -0.4 is 0 Å². The number of carbonyl (C=O) groups excluding carboxylic acids is 1. The van der Waals surface area contributed by atoms with Gasteiger partial charge in [0.05, 0.1) is 0 Å². The quantitative estimate of drug-likeness (QED) is 0.748. The van der Waals surface area contributed by atoms with Crippen LogP contribution in [0.5, 0.6) is 0 Å². The van der Waals surface area contributed by atoms with E-state index in [0.29, 0.717) is 5.56 Å². The van der Waals surface area contributed by atoms with Crippen molar-refractivity contribution in [2.24, 2.45) is 0 Å².